The fourth-order valence-electron chi connectivity index (χ4n) is 7.78. The fourth-order valence-corrected chi connectivity index (χ4v) is 8.41. The Balaban J connectivity index is 1.04. The summed E-state index contributed by atoms with van der Waals surface area (Å²) in [6.07, 6.45) is 8.50. The number of benzene rings is 2. The average molecular weight is 814 g/mol. The number of nitrogens with zero attached hydrogens (tertiary/aromatic N) is 5. The number of imidazole rings is 1. The standard InChI is InChI=1S/C42H48ClN7O6S/c1-25-30(9-7-11-32(25)46-38-37-28(17-19-44-38)21-26(22-45-37)24-55-57(6,53)54)31-10-8-12-33(36(31)43)48-40(51)39-47-34-23-50(20-18-35(34)49(39)5)29-15-13-27(14-16-29)41(52)56-42(2,3)4/h7-12,17,19,21-22,27,29H,13-16,18,20,23-24H2,1-6H3,(H,44,46)(H,48,51). The van der Waals surface area contributed by atoms with E-state index >= 15 is 0 Å². The topological polar surface area (TPSA) is 158 Å². The lowest BCUT2D eigenvalue weighted by Crippen LogP contribution is -2.42. The van der Waals surface area contributed by atoms with Crippen molar-refractivity contribution in [1.29, 1.82) is 0 Å². The van der Waals surface area contributed by atoms with Gasteiger partial charge in [-0.05, 0) is 94.3 Å². The Hall–Kier alpha value is -4.89. The molecule has 13 nitrogen and oxygen atoms in total. The molecule has 0 bridgehead atoms. The van der Waals surface area contributed by atoms with Crippen LogP contribution in [0.3, 0.4) is 0 Å². The van der Waals surface area contributed by atoms with Gasteiger partial charge < -0.3 is 19.9 Å². The van der Waals surface area contributed by atoms with E-state index in [4.69, 9.17) is 25.5 Å². The van der Waals surface area contributed by atoms with E-state index in [0.29, 0.717) is 46.0 Å². The van der Waals surface area contributed by atoms with E-state index in [1.54, 1.807) is 24.5 Å². The van der Waals surface area contributed by atoms with Crippen molar-refractivity contribution in [3.05, 3.63) is 94.3 Å². The van der Waals surface area contributed by atoms with Gasteiger partial charge in [0.15, 0.2) is 11.6 Å². The third-order valence-electron chi connectivity index (χ3n) is 10.7. The maximum absolute atomic E-state index is 13.8. The number of halogens is 1. The van der Waals surface area contributed by atoms with Gasteiger partial charge in [0.1, 0.15) is 11.1 Å². The van der Waals surface area contributed by atoms with Crippen molar-refractivity contribution in [2.24, 2.45) is 13.0 Å². The molecule has 5 aromatic rings. The number of fused-ring (bicyclic) bond motifs is 2. The minimum atomic E-state index is -3.59. The highest BCUT2D eigenvalue weighted by Gasteiger charge is 2.35. The smallest absolute Gasteiger partial charge is 0.309 e. The number of ether oxygens (including phenoxy) is 1. The van der Waals surface area contributed by atoms with Crippen LogP contribution in [0.1, 0.15) is 79.6 Å². The predicted molar refractivity (Wildman–Crippen MR) is 221 cm³/mol. The van der Waals surface area contributed by atoms with Gasteiger partial charge in [0.25, 0.3) is 16.0 Å². The zero-order valence-electron chi connectivity index (χ0n) is 33.1. The summed E-state index contributed by atoms with van der Waals surface area (Å²) < 4.78 is 35.4. The van der Waals surface area contributed by atoms with Gasteiger partial charge in [-0.15, -0.1) is 0 Å². The van der Waals surface area contributed by atoms with Crippen molar-refractivity contribution >= 4 is 61.7 Å². The molecule has 2 aromatic carbocycles. The van der Waals surface area contributed by atoms with Crippen LogP contribution in [0.4, 0.5) is 17.2 Å². The molecule has 4 heterocycles. The van der Waals surface area contributed by atoms with Crippen molar-refractivity contribution in [2.75, 3.05) is 23.4 Å². The van der Waals surface area contributed by atoms with E-state index in [9.17, 15) is 18.0 Å². The zero-order chi connectivity index (χ0) is 40.6. The van der Waals surface area contributed by atoms with Crippen LogP contribution in [0.25, 0.3) is 22.0 Å². The monoisotopic (exact) mass is 813 g/mol. The van der Waals surface area contributed by atoms with Crippen molar-refractivity contribution in [3.8, 4) is 11.1 Å². The SMILES string of the molecule is Cc1c(Nc2nccc3cc(COS(C)(=O)=O)cnc23)cccc1-c1cccc(NC(=O)c2nc3c(n2C)CCN(C2CCC(C(=O)OC(C)(C)C)CC2)C3)c1Cl. The lowest BCUT2D eigenvalue weighted by atomic mass is 9.84. The van der Waals surface area contributed by atoms with Crippen LogP contribution < -0.4 is 10.6 Å². The van der Waals surface area contributed by atoms with Gasteiger partial charge in [0.05, 0.1) is 35.2 Å². The summed E-state index contributed by atoms with van der Waals surface area (Å²) in [6.45, 7) is 9.11. The second kappa shape index (κ2) is 16.2. The molecule has 1 aliphatic heterocycles. The molecule has 57 heavy (non-hydrogen) atoms. The fraction of sp³-hybridized carbons (Fsp3) is 0.405. The van der Waals surface area contributed by atoms with Gasteiger partial charge in [-0.1, -0.05) is 35.9 Å². The number of carbonyl (C=O) groups is 2. The molecule has 1 saturated carbocycles. The van der Waals surface area contributed by atoms with Crippen LogP contribution in [-0.4, -0.2) is 69.2 Å². The van der Waals surface area contributed by atoms with Crippen molar-refractivity contribution < 1.29 is 26.9 Å². The normalized spacial score (nSPS) is 17.6. The summed E-state index contributed by atoms with van der Waals surface area (Å²) in [5.41, 5.74) is 6.46. The Bertz CT molecular complexity index is 2460. The second-order valence-electron chi connectivity index (χ2n) is 15.9. The van der Waals surface area contributed by atoms with Crippen LogP contribution in [0.5, 0.6) is 0 Å². The number of pyridine rings is 2. The highest BCUT2D eigenvalue weighted by Crippen LogP contribution is 2.39. The quantitative estimate of drug-likeness (QED) is 0.105. The Morgan fingerprint density at radius 1 is 1.00 bits per heavy atom. The highest BCUT2D eigenvalue weighted by molar-refractivity contribution is 7.85. The summed E-state index contributed by atoms with van der Waals surface area (Å²) in [5, 5.41) is 7.60. The zero-order valence-corrected chi connectivity index (χ0v) is 34.6. The Morgan fingerprint density at radius 3 is 2.44 bits per heavy atom. The summed E-state index contributed by atoms with van der Waals surface area (Å²) in [6, 6.07) is 15.4. The van der Waals surface area contributed by atoms with Gasteiger partial charge in [0, 0.05) is 67.3 Å². The number of esters is 1. The van der Waals surface area contributed by atoms with Gasteiger partial charge in [-0.2, -0.15) is 8.42 Å². The number of carbonyl (C=O) groups excluding carboxylic acids is 2. The first-order valence-corrected chi connectivity index (χ1v) is 21.3. The average Bonchev–Trinajstić information content (AvgIpc) is 3.50. The summed E-state index contributed by atoms with van der Waals surface area (Å²) in [7, 11) is -1.71. The Labute approximate surface area is 338 Å². The molecule has 1 aliphatic carbocycles. The van der Waals surface area contributed by atoms with Crippen molar-refractivity contribution in [1.82, 2.24) is 24.4 Å². The predicted octanol–water partition coefficient (Wildman–Crippen LogP) is 7.72. The number of amides is 1. The van der Waals surface area contributed by atoms with E-state index in [2.05, 4.69) is 25.5 Å². The molecule has 15 heteroatoms. The van der Waals surface area contributed by atoms with Crippen LogP contribution in [0.15, 0.2) is 60.9 Å². The molecule has 1 amide bonds. The first kappa shape index (κ1) is 40.3. The van der Waals surface area contributed by atoms with Gasteiger partial charge in [0.2, 0.25) is 0 Å². The molecule has 7 rings (SSSR count). The second-order valence-corrected chi connectivity index (χ2v) is 17.9. The number of hydrogen-bond donors (Lipinski definition) is 2. The van der Waals surface area contributed by atoms with Crippen molar-refractivity contribution in [3.63, 3.8) is 0 Å². The van der Waals surface area contributed by atoms with Crippen LogP contribution in [0, 0.1) is 12.8 Å². The summed E-state index contributed by atoms with van der Waals surface area (Å²) in [5.74, 6) is 0.357. The maximum atomic E-state index is 13.8. The molecular weight excluding hydrogens is 766 g/mol. The van der Waals surface area contributed by atoms with Crippen molar-refractivity contribution in [2.45, 2.75) is 84.6 Å². The summed E-state index contributed by atoms with van der Waals surface area (Å²) >= 11 is 7.05. The molecule has 0 spiro atoms. The lowest BCUT2D eigenvalue weighted by Gasteiger charge is -2.38. The Morgan fingerprint density at radius 2 is 1.72 bits per heavy atom. The van der Waals surface area contributed by atoms with Crippen LogP contribution in [0.2, 0.25) is 5.02 Å². The van der Waals surface area contributed by atoms with Gasteiger partial charge in [-0.3, -0.25) is 23.7 Å². The number of nitrogens with one attached hydrogen (secondary N) is 2. The molecular formula is C42H48ClN7O6S. The van der Waals surface area contributed by atoms with E-state index in [1.165, 1.54) is 0 Å². The van der Waals surface area contributed by atoms with E-state index in [1.807, 2.05) is 75.7 Å². The van der Waals surface area contributed by atoms with E-state index in [0.717, 1.165) is 84.1 Å². The van der Waals surface area contributed by atoms with E-state index < -0.39 is 15.7 Å². The number of rotatable bonds is 10. The molecule has 3 aromatic heterocycles. The lowest BCUT2D eigenvalue weighted by molar-refractivity contribution is -0.161. The number of aromatic nitrogens is 4. The Kier molecular flexibility index (Phi) is 11.4. The van der Waals surface area contributed by atoms with Gasteiger partial charge in [-0.25, -0.2) is 9.97 Å². The minimum Gasteiger partial charge on any atom is -0.460 e. The minimum absolute atomic E-state index is 0.0553. The molecule has 0 radical (unpaired) electrons. The molecule has 2 N–H and O–H groups in total. The van der Waals surface area contributed by atoms with Gasteiger partial charge >= 0.3 is 5.97 Å². The van der Waals surface area contributed by atoms with Crippen LogP contribution in [-0.2, 0) is 50.5 Å². The third-order valence-corrected chi connectivity index (χ3v) is 11.6. The molecule has 0 atom stereocenters. The molecule has 0 saturated heterocycles. The molecule has 0 unspecified atom stereocenters. The maximum Gasteiger partial charge on any atom is 0.309 e. The first-order chi connectivity index (χ1) is 27.0. The van der Waals surface area contributed by atoms with E-state index in [-0.39, 0.29) is 24.4 Å². The molecule has 2 aliphatic rings. The number of anilines is 3. The number of hydrogen-bond acceptors (Lipinski definition) is 11. The largest absolute Gasteiger partial charge is 0.460 e. The molecule has 300 valence electrons. The third kappa shape index (κ3) is 9.14. The summed E-state index contributed by atoms with van der Waals surface area (Å²) in [4.78, 5) is 42.8. The highest BCUT2D eigenvalue weighted by atomic mass is 35.5. The van der Waals surface area contributed by atoms with Crippen LogP contribution >= 0.6 is 11.6 Å². The molecule has 1 fully saturated rings. The first-order valence-electron chi connectivity index (χ1n) is 19.1.